The average Bonchev–Trinajstić information content (AvgIpc) is 2.97. The molecule has 1 nitrogen and oxygen atoms in total. The number of nitrogens with zero attached hydrogens (tertiary/aromatic N) is 1. The third-order valence-electron chi connectivity index (χ3n) is 6.80. The first-order valence-corrected chi connectivity index (χ1v) is 15.4. The molecule has 0 radical (unpaired) electrons. The van der Waals surface area contributed by atoms with E-state index in [1.54, 1.807) is 0 Å². The number of terminal acetylenes is 1. The van der Waals surface area contributed by atoms with Crippen molar-refractivity contribution in [1.82, 2.24) is 0 Å². The van der Waals surface area contributed by atoms with E-state index in [1.165, 1.54) is 27.8 Å². The van der Waals surface area contributed by atoms with Crippen LogP contribution in [0.1, 0.15) is 119 Å². The minimum atomic E-state index is 0.284. The lowest BCUT2D eigenvalue weighted by Crippen LogP contribution is -2.10. The van der Waals surface area contributed by atoms with Gasteiger partial charge in [0.25, 0.3) is 0 Å². The molecule has 0 amide bonds. The van der Waals surface area contributed by atoms with Crippen LogP contribution >= 0.6 is 11.6 Å². The van der Waals surface area contributed by atoms with Crippen LogP contribution in [-0.4, -0.2) is 0 Å². The van der Waals surface area contributed by atoms with Crippen LogP contribution in [0.5, 0.6) is 0 Å². The van der Waals surface area contributed by atoms with Gasteiger partial charge in [0, 0.05) is 10.6 Å². The molecule has 0 N–H and O–H groups in total. The molecule has 2 heteroatoms. The van der Waals surface area contributed by atoms with Crippen LogP contribution in [-0.2, 0) is 5.41 Å². The highest BCUT2D eigenvalue weighted by Gasteiger charge is 2.12. The molecule has 43 heavy (non-hydrogen) atoms. The lowest BCUT2D eigenvalue weighted by Gasteiger charge is -2.19. The fraction of sp³-hybridized carbons (Fsp3) is 0.341. The van der Waals surface area contributed by atoms with Crippen LogP contribution in [0.25, 0.3) is 0 Å². The minimum absolute atomic E-state index is 0.284. The summed E-state index contributed by atoms with van der Waals surface area (Å²) in [6.07, 6.45) is 5.27. The first-order valence-electron chi connectivity index (χ1n) is 15.1. The van der Waals surface area contributed by atoms with Crippen LogP contribution in [0.4, 0.5) is 0 Å². The van der Waals surface area contributed by atoms with E-state index in [9.17, 15) is 0 Å². The maximum atomic E-state index is 8.59. The molecular weight excluding hydrogens is 542 g/mol. The summed E-state index contributed by atoms with van der Waals surface area (Å²) >= 11 is 5.79. The van der Waals surface area contributed by atoms with Crippen molar-refractivity contribution in [2.45, 2.75) is 92.4 Å². The second kappa shape index (κ2) is 18.7. The molecule has 0 atom stereocenters. The predicted octanol–water partition coefficient (Wildman–Crippen LogP) is 12.2. The summed E-state index contributed by atoms with van der Waals surface area (Å²) in [5, 5.41) is 9.42. The Morgan fingerprint density at radius 1 is 0.628 bits per heavy atom. The number of hydrogen-bond donors (Lipinski definition) is 0. The highest BCUT2D eigenvalue weighted by Crippen LogP contribution is 2.22. The number of benzene rings is 4. The minimum Gasteiger partial charge on any atom is -0.192 e. The van der Waals surface area contributed by atoms with Crippen molar-refractivity contribution < 1.29 is 0 Å². The van der Waals surface area contributed by atoms with E-state index in [4.69, 9.17) is 23.3 Å². The molecule has 4 rings (SSSR count). The van der Waals surface area contributed by atoms with Crippen molar-refractivity contribution in [3.05, 3.63) is 141 Å². The van der Waals surface area contributed by atoms with Gasteiger partial charge in [-0.05, 0) is 88.7 Å². The standard InChI is InChI=1S/C11H16.C11H12.C10H11N.C9H11Cl/c1-9-6-5-7-10(8-9)11(2,3)4;1-4-10-6-5-7-11(8-10)9(2)3;1-8(2)10-5-3-4-9(6-10)7-11;1-7(2)8-4-3-5-9(10)6-8/h5-8H,1-4H3;1,5-9H,2-3H3;3-6,8H,1-2H3;3-7H,1-2H3. The van der Waals surface area contributed by atoms with Gasteiger partial charge in [-0.1, -0.05) is 146 Å². The monoisotopic (exact) mass is 591 g/mol. The van der Waals surface area contributed by atoms with Crippen LogP contribution in [0.15, 0.2) is 97.1 Å². The van der Waals surface area contributed by atoms with Crippen LogP contribution in [0, 0.1) is 30.6 Å². The van der Waals surface area contributed by atoms with Gasteiger partial charge in [-0.3, -0.25) is 0 Å². The molecule has 0 heterocycles. The van der Waals surface area contributed by atoms with E-state index >= 15 is 0 Å². The highest BCUT2D eigenvalue weighted by atomic mass is 35.5. The van der Waals surface area contributed by atoms with Gasteiger partial charge < -0.3 is 0 Å². The number of halogens is 1. The third kappa shape index (κ3) is 14.8. The summed E-state index contributed by atoms with van der Waals surface area (Å²) in [6, 6.07) is 34.6. The molecule has 0 aliphatic rings. The second-order valence-corrected chi connectivity index (χ2v) is 13.1. The summed E-state index contributed by atoms with van der Waals surface area (Å²) in [5.41, 5.74) is 8.59. The van der Waals surface area contributed by atoms with Crippen molar-refractivity contribution >= 4 is 11.6 Å². The van der Waals surface area contributed by atoms with Gasteiger partial charge in [0.1, 0.15) is 0 Å². The SMILES string of the molecule is C#Cc1cccc(C(C)C)c1.CC(C)c1cccc(C#N)c1.CC(C)c1cccc(Cl)c1.Cc1cccc(C(C)(C)C)c1. The zero-order chi connectivity index (χ0) is 32.6. The van der Waals surface area contributed by atoms with Gasteiger partial charge >= 0.3 is 0 Å². The first-order chi connectivity index (χ1) is 20.2. The summed E-state index contributed by atoms with van der Waals surface area (Å²) in [7, 11) is 0. The molecule has 0 aliphatic heterocycles. The molecular formula is C41H50ClN. The molecule has 0 saturated heterocycles. The summed E-state index contributed by atoms with van der Waals surface area (Å²) in [5.74, 6) is 4.25. The van der Waals surface area contributed by atoms with E-state index in [0.29, 0.717) is 17.8 Å². The van der Waals surface area contributed by atoms with Gasteiger partial charge in [-0.25, -0.2) is 0 Å². The van der Waals surface area contributed by atoms with Crippen molar-refractivity contribution in [3.8, 4) is 18.4 Å². The fourth-order valence-corrected chi connectivity index (χ4v) is 4.13. The quantitative estimate of drug-likeness (QED) is 0.217. The summed E-state index contributed by atoms with van der Waals surface area (Å²) in [6.45, 7) is 21.7. The van der Waals surface area contributed by atoms with Crippen molar-refractivity contribution in [2.75, 3.05) is 0 Å². The van der Waals surface area contributed by atoms with E-state index in [-0.39, 0.29) is 5.41 Å². The van der Waals surface area contributed by atoms with Crippen LogP contribution in [0.3, 0.4) is 0 Å². The Balaban J connectivity index is 0.000000287. The predicted molar refractivity (Wildman–Crippen MR) is 189 cm³/mol. The Labute approximate surface area is 268 Å². The molecule has 226 valence electrons. The van der Waals surface area contributed by atoms with Crippen molar-refractivity contribution in [1.29, 1.82) is 5.26 Å². The Bertz CT molecular complexity index is 1410. The Morgan fingerprint density at radius 3 is 1.44 bits per heavy atom. The molecule has 0 fully saturated rings. The molecule has 4 aromatic carbocycles. The van der Waals surface area contributed by atoms with Gasteiger partial charge in [0.2, 0.25) is 0 Å². The Hall–Kier alpha value is -3.78. The normalized spacial score (nSPS) is 10.3. The first kappa shape index (κ1) is 37.2. The van der Waals surface area contributed by atoms with Crippen molar-refractivity contribution in [3.63, 3.8) is 0 Å². The summed E-state index contributed by atoms with van der Waals surface area (Å²) < 4.78 is 0. The summed E-state index contributed by atoms with van der Waals surface area (Å²) in [4.78, 5) is 0. The van der Waals surface area contributed by atoms with E-state index in [2.05, 4.69) is 124 Å². The number of rotatable bonds is 3. The molecule has 0 aliphatic carbocycles. The smallest absolute Gasteiger partial charge is 0.0991 e. The third-order valence-corrected chi connectivity index (χ3v) is 7.04. The molecule has 0 unspecified atom stereocenters. The average molecular weight is 592 g/mol. The largest absolute Gasteiger partial charge is 0.192 e. The van der Waals surface area contributed by atoms with Gasteiger partial charge in [-0.15, -0.1) is 6.42 Å². The Kier molecular flexibility index (Phi) is 16.2. The lowest BCUT2D eigenvalue weighted by atomic mass is 9.86. The highest BCUT2D eigenvalue weighted by molar-refractivity contribution is 6.30. The van der Waals surface area contributed by atoms with Gasteiger partial charge in [0.15, 0.2) is 0 Å². The molecule has 0 aromatic heterocycles. The molecule has 0 bridgehead atoms. The number of nitriles is 1. The fourth-order valence-electron chi connectivity index (χ4n) is 3.93. The second-order valence-electron chi connectivity index (χ2n) is 12.6. The van der Waals surface area contributed by atoms with E-state index < -0.39 is 0 Å². The van der Waals surface area contributed by atoms with E-state index in [0.717, 1.165) is 16.1 Å². The molecule has 0 saturated carbocycles. The topological polar surface area (TPSA) is 23.8 Å². The molecule has 4 aromatic rings. The maximum Gasteiger partial charge on any atom is 0.0991 e. The molecule has 0 spiro atoms. The van der Waals surface area contributed by atoms with Crippen LogP contribution < -0.4 is 0 Å². The number of aryl methyl sites for hydroxylation is 1. The zero-order valence-electron chi connectivity index (χ0n) is 27.9. The Morgan fingerprint density at radius 2 is 1.07 bits per heavy atom. The number of hydrogen-bond acceptors (Lipinski definition) is 1. The van der Waals surface area contributed by atoms with Gasteiger partial charge in [-0.2, -0.15) is 5.26 Å². The van der Waals surface area contributed by atoms with Crippen LogP contribution in [0.2, 0.25) is 5.02 Å². The lowest BCUT2D eigenvalue weighted by molar-refractivity contribution is 0.590. The zero-order valence-corrected chi connectivity index (χ0v) is 28.6. The van der Waals surface area contributed by atoms with Gasteiger partial charge in [0.05, 0.1) is 11.6 Å². The maximum absolute atomic E-state index is 8.59. The van der Waals surface area contributed by atoms with E-state index in [1.807, 2.05) is 54.6 Å². The van der Waals surface area contributed by atoms with Crippen molar-refractivity contribution in [2.24, 2.45) is 0 Å².